The molecular formula is C19H21NO4. The zero-order valence-electron chi connectivity index (χ0n) is 13.8. The summed E-state index contributed by atoms with van der Waals surface area (Å²) in [5, 5.41) is 11.9. The maximum atomic E-state index is 12.2. The lowest BCUT2D eigenvalue weighted by Gasteiger charge is -2.09. The lowest BCUT2D eigenvalue weighted by molar-refractivity contribution is -0.115. The third-order valence-electron chi connectivity index (χ3n) is 3.49. The van der Waals surface area contributed by atoms with Gasteiger partial charge in [-0.15, -0.1) is 0 Å². The van der Waals surface area contributed by atoms with Gasteiger partial charge in [0.2, 0.25) is 5.91 Å². The summed E-state index contributed by atoms with van der Waals surface area (Å²) in [5.41, 5.74) is 2.15. The lowest BCUT2D eigenvalue weighted by Crippen LogP contribution is -2.15. The molecule has 24 heavy (non-hydrogen) atoms. The molecule has 5 heteroatoms. The van der Waals surface area contributed by atoms with Crippen molar-refractivity contribution in [1.82, 2.24) is 0 Å². The number of carbonyl (C=O) groups is 2. The van der Waals surface area contributed by atoms with E-state index in [0.29, 0.717) is 17.9 Å². The molecule has 0 saturated carbocycles. The monoisotopic (exact) mass is 327 g/mol. The van der Waals surface area contributed by atoms with Gasteiger partial charge >= 0.3 is 5.97 Å². The summed E-state index contributed by atoms with van der Waals surface area (Å²) in [6, 6.07) is 12.2. The minimum Gasteiger partial charge on any atom is -0.494 e. The van der Waals surface area contributed by atoms with Crippen LogP contribution in [0.25, 0.3) is 0 Å². The predicted molar refractivity (Wildman–Crippen MR) is 92.7 cm³/mol. The molecule has 5 nitrogen and oxygen atoms in total. The summed E-state index contributed by atoms with van der Waals surface area (Å²) >= 11 is 0. The Morgan fingerprint density at radius 3 is 2.67 bits per heavy atom. The molecule has 0 radical (unpaired) electrons. The zero-order valence-corrected chi connectivity index (χ0v) is 13.8. The summed E-state index contributed by atoms with van der Waals surface area (Å²) in [6.45, 7) is 4.39. The molecule has 0 fully saturated rings. The second-order valence-electron chi connectivity index (χ2n) is 5.56. The number of carboxylic acid groups (broad SMARTS) is 1. The number of rotatable bonds is 7. The third kappa shape index (κ3) is 4.84. The molecule has 0 aliphatic carbocycles. The fraction of sp³-hybridized carbons (Fsp3) is 0.263. The quantitative estimate of drug-likeness (QED) is 0.813. The standard InChI is InChI=1S/C19H21NO4/c1-3-9-24-16-6-4-5-14(10-16)11-18(21)20-15-8-7-13(2)17(12-15)19(22)23/h4-8,10,12H,3,9,11H2,1-2H3,(H,20,21)(H,22,23). The molecule has 0 atom stereocenters. The summed E-state index contributed by atoms with van der Waals surface area (Å²) in [4.78, 5) is 23.3. The van der Waals surface area contributed by atoms with Gasteiger partial charge in [-0.2, -0.15) is 0 Å². The molecule has 1 amide bonds. The normalized spacial score (nSPS) is 10.2. The van der Waals surface area contributed by atoms with E-state index in [-0.39, 0.29) is 17.9 Å². The van der Waals surface area contributed by atoms with E-state index in [0.717, 1.165) is 17.7 Å². The Labute approximate surface area is 141 Å². The minimum absolute atomic E-state index is 0.183. The fourth-order valence-corrected chi connectivity index (χ4v) is 2.29. The first-order valence-electron chi connectivity index (χ1n) is 7.85. The molecule has 2 aromatic rings. The molecule has 0 aliphatic rings. The van der Waals surface area contributed by atoms with Crippen LogP contribution in [0.5, 0.6) is 5.75 Å². The van der Waals surface area contributed by atoms with Crippen molar-refractivity contribution in [3.05, 3.63) is 59.2 Å². The Bertz CT molecular complexity index is 740. The van der Waals surface area contributed by atoms with E-state index in [4.69, 9.17) is 9.84 Å². The second kappa shape index (κ2) is 8.15. The van der Waals surface area contributed by atoms with Gasteiger partial charge in [-0.25, -0.2) is 4.79 Å². The molecule has 2 N–H and O–H groups in total. The molecule has 0 bridgehead atoms. The van der Waals surface area contributed by atoms with E-state index in [1.165, 1.54) is 6.07 Å². The topological polar surface area (TPSA) is 75.6 Å². The SMILES string of the molecule is CCCOc1cccc(CC(=O)Nc2ccc(C)c(C(=O)O)c2)c1. The molecule has 126 valence electrons. The van der Waals surface area contributed by atoms with E-state index >= 15 is 0 Å². The number of anilines is 1. The van der Waals surface area contributed by atoms with Crippen LogP contribution < -0.4 is 10.1 Å². The van der Waals surface area contributed by atoms with Crippen molar-refractivity contribution in [3.8, 4) is 5.75 Å². The van der Waals surface area contributed by atoms with Crippen LogP contribution in [0, 0.1) is 6.92 Å². The Morgan fingerprint density at radius 2 is 1.96 bits per heavy atom. The van der Waals surface area contributed by atoms with E-state index in [1.807, 2.05) is 31.2 Å². The van der Waals surface area contributed by atoms with E-state index < -0.39 is 5.97 Å². The highest BCUT2D eigenvalue weighted by molar-refractivity contribution is 5.95. The molecule has 0 saturated heterocycles. The van der Waals surface area contributed by atoms with E-state index in [2.05, 4.69) is 5.32 Å². The minimum atomic E-state index is -1.01. The van der Waals surface area contributed by atoms with Gasteiger partial charge < -0.3 is 15.2 Å². The van der Waals surface area contributed by atoms with Gasteiger partial charge in [0.15, 0.2) is 0 Å². The van der Waals surface area contributed by atoms with Crippen molar-refractivity contribution in [2.75, 3.05) is 11.9 Å². The van der Waals surface area contributed by atoms with Gasteiger partial charge in [0.25, 0.3) is 0 Å². The number of benzene rings is 2. The number of amides is 1. The van der Waals surface area contributed by atoms with Crippen molar-refractivity contribution >= 4 is 17.6 Å². The second-order valence-corrected chi connectivity index (χ2v) is 5.56. The first-order chi connectivity index (χ1) is 11.5. The van der Waals surface area contributed by atoms with Gasteiger partial charge in [-0.05, 0) is 48.7 Å². The summed E-state index contributed by atoms with van der Waals surface area (Å²) in [6.07, 6.45) is 1.11. The number of carbonyl (C=O) groups excluding carboxylic acids is 1. The highest BCUT2D eigenvalue weighted by Crippen LogP contribution is 2.17. The Hall–Kier alpha value is -2.82. The summed E-state index contributed by atoms with van der Waals surface area (Å²) in [7, 11) is 0. The Balaban J connectivity index is 2.03. The van der Waals surface area contributed by atoms with Crippen LogP contribution >= 0.6 is 0 Å². The number of ether oxygens (including phenoxy) is 1. The molecule has 0 spiro atoms. The smallest absolute Gasteiger partial charge is 0.336 e. The maximum absolute atomic E-state index is 12.2. The number of nitrogens with one attached hydrogen (secondary N) is 1. The first kappa shape index (κ1) is 17.5. The summed E-state index contributed by atoms with van der Waals surface area (Å²) < 4.78 is 5.55. The van der Waals surface area contributed by atoms with E-state index in [9.17, 15) is 9.59 Å². The highest BCUT2D eigenvalue weighted by Gasteiger charge is 2.10. The number of hydrogen-bond acceptors (Lipinski definition) is 3. The van der Waals surface area contributed by atoms with Crippen molar-refractivity contribution in [2.24, 2.45) is 0 Å². The van der Waals surface area contributed by atoms with Gasteiger partial charge in [0, 0.05) is 5.69 Å². The Morgan fingerprint density at radius 1 is 1.17 bits per heavy atom. The zero-order chi connectivity index (χ0) is 17.5. The van der Waals surface area contributed by atoms with Crippen molar-refractivity contribution < 1.29 is 19.4 Å². The van der Waals surface area contributed by atoms with E-state index in [1.54, 1.807) is 19.1 Å². The molecule has 2 aromatic carbocycles. The molecular weight excluding hydrogens is 306 g/mol. The van der Waals surface area contributed by atoms with Crippen molar-refractivity contribution in [2.45, 2.75) is 26.7 Å². The van der Waals surface area contributed by atoms with Crippen molar-refractivity contribution in [1.29, 1.82) is 0 Å². The Kier molecular flexibility index (Phi) is 5.95. The van der Waals surface area contributed by atoms with Crippen LogP contribution in [0.1, 0.15) is 34.8 Å². The average molecular weight is 327 g/mol. The molecule has 2 rings (SSSR count). The third-order valence-corrected chi connectivity index (χ3v) is 3.49. The fourth-order valence-electron chi connectivity index (χ4n) is 2.29. The molecule has 0 aromatic heterocycles. The number of hydrogen-bond donors (Lipinski definition) is 2. The molecule has 0 unspecified atom stereocenters. The van der Waals surface area contributed by atoms with Crippen LogP contribution in [0.3, 0.4) is 0 Å². The molecule has 0 heterocycles. The molecule has 0 aliphatic heterocycles. The average Bonchev–Trinajstić information content (AvgIpc) is 2.54. The van der Waals surface area contributed by atoms with Gasteiger partial charge in [-0.3, -0.25) is 4.79 Å². The summed E-state index contributed by atoms with van der Waals surface area (Å²) in [5.74, 6) is -0.474. The van der Waals surface area contributed by atoms with Gasteiger partial charge in [0.1, 0.15) is 5.75 Å². The maximum Gasteiger partial charge on any atom is 0.336 e. The van der Waals surface area contributed by atoms with Crippen LogP contribution in [-0.4, -0.2) is 23.6 Å². The van der Waals surface area contributed by atoms with Crippen LogP contribution in [0.4, 0.5) is 5.69 Å². The lowest BCUT2D eigenvalue weighted by atomic mass is 10.1. The van der Waals surface area contributed by atoms with Gasteiger partial charge in [-0.1, -0.05) is 25.1 Å². The van der Waals surface area contributed by atoms with Crippen LogP contribution in [0.15, 0.2) is 42.5 Å². The number of aromatic carboxylic acids is 1. The van der Waals surface area contributed by atoms with Gasteiger partial charge in [0.05, 0.1) is 18.6 Å². The number of aryl methyl sites for hydroxylation is 1. The largest absolute Gasteiger partial charge is 0.494 e. The number of carboxylic acids is 1. The highest BCUT2D eigenvalue weighted by atomic mass is 16.5. The first-order valence-corrected chi connectivity index (χ1v) is 7.85. The predicted octanol–water partition coefficient (Wildman–Crippen LogP) is 3.66. The van der Waals surface area contributed by atoms with Crippen LogP contribution in [-0.2, 0) is 11.2 Å². The van der Waals surface area contributed by atoms with Crippen LogP contribution in [0.2, 0.25) is 0 Å². The van der Waals surface area contributed by atoms with Crippen molar-refractivity contribution in [3.63, 3.8) is 0 Å².